The van der Waals surface area contributed by atoms with Crippen LogP contribution < -0.4 is 0 Å². The Labute approximate surface area is 144 Å². The van der Waals surface area contributed by atoms with E-state index in [2.05, 4.69) is 19.1 Å². The van der Waals surface area contributed by atoms with Crippen LogP contribution in [0.2, 0.25) is 0 Å². The lowest BCUT2D eigenvalue weighted by Gasteiger charge is -2.54. The van der Waals surface area contributed by atoms with Crippen LogP contribution in [-0.2, 0) is 4.79 Å². The van der Waals surface area contributed by atoms with E-state index in [0.29, 0.717) is 36.5 Å². The molecule has 0 spiro atoms. The molecule has 0 heterocycles. The molecule has 4 aliphatic carbocycles. The molecule has 3 heteroatoms. The van der Waals surface area contributed by atoms with Crippen molar-refractivity contribution >= 4 is 5.78 Å². The zero-order chi connectivity index (χ0) is 16.9. The molecule has 0 radical (unpaired) electrons. The van der Waals surface area contributed by atoms with Crippen LogP contribution in [0.15, 0.2) is 23.8 Å². The molecule has 0 aromatic carbocycles. The van der Waals surface area contributed by atoms with Crippen LogP contribution in [0.3, 0.4) is 0 Å². The number of hydrogen-bond acceptors (Lipinski definition) is 3. The van der Waals surface area contributed by atoms with Gasteiger partial charge in [0.25, 0.3) is 0 Å². The highest BCUT2D eigenvalue weighted by molar-refractivity contribution is 5.91. The van der Waals surface area contributed by atoms with Gasteiger partial charge < -0.3 is 10.2 Å². The van der Waals surface area contributed by atoms with E-state index in [0.717, 1.165) is 38.5 Å². The van der Waals surface area contributed by atoms with Gasteiger partial charge in [0.05, 0.1) is 5.60 Å². The van der Waals surface area contributed by atoms with Crippen LogP contribution in [0.4, 0.5) is 0 Å². The Hall–Kier alpha value is -0.930. The summed E-state index contributed by atoms with van der Waals surface area (Å²) in [5.41, 5.74) is 0.613. The molecule has 4 aliphatic rings. The third-order valence-corrected chi connectivity index (χ3v) is 7.94. The zero-order valence-electron chi connectivity index (χ0n) is 14.7. The molecule has 24 heavy (non-hydrogen) atoms. The summed E-state index contributed by atoms with van der Waals surface area (Å²) in [4.78, 5) is 11.7. The summed E-state index contributed by atoms with van der Waals surface area (Å²) < 4.78 is 0. The Kier molecular flexibility index (Phi) is 4.00. The van der Waals surface area contributed by atoms with Crippen molar-refractivity contribution in [3.05, 3.63) is 23.8 Å². The molecule has 2 saturated carbocycles. The van der Waals surface area contributed by atoms with E-state index in [-0.39, 0.29) is 17.8 Å². The first-order valence-electron chi connectivity index (χ1n) is 9.74. The molecule has 0 unspecified atom stereocenters. The first kappa shape index (κ1) is 16.5. The van der Waals surface area contributed by atoms with Crippen LogP contribution in [0.25, 0.3) is 0 Å². The molecule has 0 saturated heterocycles. The predicted octanol–water partition coefficient (Wildman–Crippen LogP) is 3.41. The van der Waals surface area contributed by atoms with Crippen LogP contribution >= 0.6 is 0 Å². The molecule has 6 atom stereocenters. The highest BCUT2D eigenvalue weighted by atomic mass is 16.3. The average molecular weight is 330 g/mol. The first-order valence-corrected chi connectivity index (χ1v) is 9.74. The van der Waals surface area contributed by atoms with E-state index in [4.69, 9.17) is 0 Å². The molecule has 0 bridgehead atoms. The van der Waals surface area contributed by atoms with E-state index >= 15 is 0 Å². The smallest absolute Gasteiger partial charge is 0.155 e. The maximum atomic E-state index is 11.7. The number of carbonyl (C=O) groups is 1. The minimum Gasteiger partial charge on any atom is -0.396 e. The zero-order valence-corrected chi connectivity index (χ0v) is 14.7. The standard InChI is InChI=1S/C21H30O3/c1-20-10-7-17-16-6-4-15(23)13-14(16)3-5-18(17)19(20)8-11-21(20,24)9-2-12-22/h3,5,13,16-19,22,24H,2,4,6-12H2,1H3/t16-,17+,18+,19-,20-,21-/m0/s1. The summed E-state index contributed by atoms with van der Waals surface area (Å²) in [5.74, 6) is 2.56. The Morgan fingerprint density at radius 3 is 2.88 bits per heavy atom. The molecule has 0 amide bonds. The van der Waals surface area contributed by atoms with Crippen molar-refractivity contribution in [2.24, 2.45) is 29.1 Å². The molecule has 3 nitrogen and oxygen atoms in total. The molecular formula is C21H30O3. The number of aliphatic hydroxyl groups is 2. The average Bonchev–Trinajstić information content (AvgIpc) is 2.84. The lowest BCUT2D eigenvalue weighted by molar-refractivity contribution is -0.117. The Morgan fingerprint density at radius 1 is 1.25 bits per heavy atom. The van der Waals surface area contributed by atoms with Gasteiger partial charge >= 0.3 is 0 Å². The molecule has 0 aromatic rings. The normalized spacial score (nSPS) is 47.0. The lowest BCUT2D eigenvalue weighted by Crippen LogP contribution is -2.52. The highest BCUT2D eigenvalue weighted by Gasteiger charge is 2.61. The van der Waals surface area contributed by atoms with Crippen LogP contribution in [0.5, 0.6) is 0 Å². The van der Waals surface area contributed by atoms with Crippen molar-refractivity contribution in [2.75, 3.05) is 6.61 Å². The Bertz CT molecular complexity index is 592. The van der Waals surface area contributed by atoms with Crippen LogP contribution in [0.1, 0.15) is 58.3 Å². The minimum atomic E-state index is -0.613. The van der Waals surface area contributed by atoms with Crippen molar-refractivity contribution in [3.8, 4) is 0 Å². The fraction of sp³-hybridized carbons (Fsp3) is 0.762. The van der Waals surface area contributed by atoms with Gasteiger partial charge in [-0.2, -0.15) is 0 Å². The van der Waals surface area contributed by atoms with E-state index in [9.17, 15) is 15.0 Å². The molecule has 2 N–H and O–H groups in total. The van der Waals surface area contributed by atoms with Gasteiger partial charge in [-0.25, -0.2) is 0 Å². The maximum absolute atomic E-state index is 11.7. The van der Waals surface area contributed by atoms with Crippen molar-refractivity contribution in [1.82, 2.24) is 0 Å². The number of fused-ring (bicyclic) bond motifs is 5. The number of aliphatic hydroxyl groups excluding tert-OH is 1. The second-order valence-corrected chi connectivity index (χ2v) is 8.82. The van der Waals surface area contributed by atoms with Crippen LogP contribution in [-0.4, -0.2) is 28.2 Å². The Morgan fingerprint density at radius 2 is 2.08 bits per heavy atom. The van der Waals surface area contributed by atoms with Gasteiger partial charge in [-0.3, -0.25) is 4.79 Å². The van der Waals surface area contributed by atoms with Gasteiger partial charge in [0.15, 0.2) is 5.78 Å². The monoisotopic (exact) mass is 330 g/mol. The molecule has 132 valence electrons. The van der Waals surface area contributed by atoms with Gasteiger partial charge in [-0.1, -0.05) is 19.1 Å². The molecule has 2 fully saturated rings. The Balaban J connectivity index is 1.63. The summed E-state index contributed by atoms with van der Waals surface area (Å²) in [6.07, 6.45) is 13.8. The number of allylic oxidation sites excluding steroid dienone is 4. The number of hydrogen-bond donors (Lipinski definition) is 2. The maximum Gasteiger partial charge on any atom is 0.155 e. The summed E-state index contributed by atoms with van der Waals surface area (Å²) in [5, 5.41) is 20.5. The van der Waals surface area contributed by atoms with Crippen LogP contribution in [0, 0.1) is 29.1 Å². The van der Waals surface area contributed by atoms with Crippen molar-refractivity contribution in [3.63, 3.8) is 0 Å². The first-order chi connectivity index (χ1) is 11.5. The summed E-state index contributed by atoms with van der Waals surface area (Å²) in [7, 11) is 0. The van der Waals surface area contributed by atoms with Crippen molar-refractivity contribution in [1.29, 1.82) is 0 Å². The summed E-state index contributed by atoms with van der Waals surface area (Å²) >= 11 is 0. The molecule has 0 aliphatic heterocycles. The second-order valence-electron chi connectivity index (χ2n) is 8.82. The van der Waals surface area contributed by atoms with Gasteiger partial charge in [-0.05, 0) is 85.7 Å². The van der Waals surface area contributed by atoms with Crippen molar-refractivity contribution < 1.29 is 15.0 Å². The fourth-order valence-electron chi connectivity index (χ4n) is 6.55. The molecular weight excluding hydrogens is 300 g/mol. The SMILES string of the molecule is C[C@]12CC[C@H]3[C@@H](C=CC4=CC(=O)CC[C@@H]43)[C@@H]1CC[C@@]2(O)CCCO. The number of carbonyl (C=O) groups excluding carboxylic acids is 1. The topological polar surface area (TPSA) is 57.5 Å². The third-order valence-electron chi connectivity index (χ3n) is 7.94. The van der Waals surface area contributed by atoms with Gasteiger partial charge in [-0.15, -0.1) is 0 Å². The second kappa shape index (κ2) is 5.81. The highest BCUT2D eigenvalue weighted by Crippen LogP contribution is 2.64. The van der Waals surface area contributed by atoms with E-state index in [1.807, 2.05) is 6.08 Å². The van der Waals surface area contributed by atoms with E-state index in [1.165, 1.54) is 5.57 Å². The predicted molar refractivity (Wildman–Crippen MR) is 93.3 cm³/mol. The van der Waals surface area contributed by atoms with Gasteiger partial charge in [0.1, 0.15) is 0 Å². The van der Waals surface area contributed by atoms with E-state index < -0.39 is 5.60 Å². The largest absolute Gasteiger partial charge is 0.396 e. The summed E-state index contributed by atoms with van der Waals surface area (Å²) in [6, 6.07) is 0. The fourth-order valence-corrected chi connectivity index (χ4v) is 6.55. The number of rotatable bonds is 3. The minimum absolute atomic E-state index is 0.0284. The summed E-state index contributed by atoms with van der Waals surface area (Å²) in [6.45, 7) is 2.46. The number of ketones is 1. The molecule has 0 aromatic heterocycles. The third kappa shape index (κ3) is 2.28. The quantitative estimate of drug-likeness (QED) is 0.834. The molecule has 4 rings (SSSR count). The lowest BCUT2D eigenvalue weighted by atomic mass is 9.52. The van der Waals surface area contributed by atoms with Gasteiger partial charge in [0, 0.05) is 13.0 Å². The van der Waals surface area contributed by atoms with E-state index in [1.54, 1.807) is 0 Å². The van der Waals surface area contributed by atoms with Crippen molar-refractivity contribution in [2.45, 2.75) is 63.9 Å². The van der Waals surface area contributed by atoms with Gasteiger partial charge in [0.2, 0.25) is 0 Å².